The van der Waals surface area contributed by atoms with Crippen LogP contribution < -0.4 is 5.73 Å². The monoisotopic (exact) mass is 189 g/mol. The molecular weight excluding hydrogens is 174 g/mol. The van der Waals surface area contributed by atoms with Crippen LogP contribution in [0.15, 0.2) is 24.3 Å². The molecule has 3 N–H and O–H groups in total. The molecule has 0 radical (unpaired) electrons. The van der Waals surface area contributed by atoms with Crippen LogP contribution in [0.4, 0.5) is 0 Å². The molecule has 0 aliphatic carbocycles. The Bertz CT molecular complexity index is 336. The first-order chi connectivity index (χ1) is 6.88. The third kappa shape index (κ3) is 3.21. The Morgan fingerprint density at radius 3 is 2.79 bits per heavy atom. The van der Waals surface area contributed by atoms with E-state index in [1.165, 1.54) is 0 Å². The van der Waals surface area contributed by atoms with E-state index in [1.54, 1.807) is 0 Å². The van der Waals surface area contributed by atoms with Gasteiger partial charge in [0.2, 0.25) is 0 Å². The lowest BCUT2D eigenvalue weighted by Gasteiger charge is -2.00. The van der Waals surface area contributed by atoms with Crippen molar-refractivity contribution in [2.24, 2.45) is 5.73 Å². The summed E-state index contributed by atoms with van der Waals surface area (Å²) >= 11 is 0. The summed E-state index contributed by atoms with van der Waals surface area (Å²) in [6.07, 6.45) is 1.38. The molecule has 0 aliphatic rings. The van der Waals surface area contributed by atoms with E-state index in [-0.39, 0.29) is 6.61 Å². The molecule has 74 valence electrons. The first kappa shape index (κ1) is 10.8. The Kier molecular flexibility index (Phi) is 4.77. The summed E-state index contributed by atoms with van der Waals surface area (Å²) in [5, 5.41) is 8.85. The largest absolute Gasteiger partial charge is 0.396 e. The number of nitrogens with two attached hydrogens (primary N) is 1. The number of hydrogen-bond donors (Lipinski definition) is 2. The van der Waals surface area contributed by atoms with Gasteiger partial charge in [0.1, 0.15) is 0 Å². The predicted molar refractivity (Wildman–Crippen MR) is 57.8 cm³/mol. The highest BCUT2D eigenvalue weighted by Gasteiger charge is 1.96. The summed E-state index contributed by atoms with van der Waals surface area (Å²) in [5.41, 5.74) is 7.44. The molecule has 1 aromatic carbocycles. The van der Waals surface area contributed by atoms with Gasteiger partial charge < -0.3 is 10.8 Å². The highest BCUT2D eigenvalue weighted by Crippen LogP contribution is 2.07. The summed E-state index contributed by atoms with van der Waals surface area (Å²) in [7, 11) is 0. The zero-order valence-corrected chi connectivity index (χ0v) is 8.16. The topological polar surface area (TPSA) is 46.2 Å². The van der Waals surface area contributed by atoms with E-state index in [1.807, 2.05) is 24.3 Å². The van der Waals surface area contributed by atoms with Gasteiger partial charge in [-0.2, -0.15) is 0 Å². The lowest BCUT2D eigenvalue weighted by atomic mass is 10.1. The van der Waals surface area contributed by atoms with Gasteiger partial charge in [0.15, 0.2) is 0 Å². The maximum atomic E-state index is 8.85. The molecule has 14 heavy (non-hydrogen) atoms. The molecule has 0 aromatic heterocycles. The zero-order valence-electron chi connectivity index (χ0n) is 8.16. The van der Waals surface area contributed by atoms with Crippen molar-refractivity contribution in [2.75, 3.05) is 13.2 Å². The normalized spacial score (nSPS) is 9.29. The van der Waals surface area contributed by atoms with Crippen LogP contribution in [0.1, 0.15) is 17.5 Å². The number of rotatable bonds is 3. The van der Waals surface area contributed by atoms with E-state index < -0.39 is 0 Å². The van der Waals surface area contributed by atoms with Crippen LogP contribution in [-0.2, 0) is 6.42 Å². The van der Waals surface area contributed by atoms with Gasteiger partial charge in [0.25, 0.3) is 0 Å². The zero-order chi connectivity index (χ0) is 10.2. The highest BCUT2D eigenvalue weighted by molar-refractivity contribution is 5.41. The molecular formula is C12H15NO. The molecule has 0 saturated heterocycles. The molecule has 1 rings (SSSR count). The third-order valence-electron chi connectivity index (χ3n) is 1.89. The van der Waals surface area contributed by atoms with Crippen LogP contribution in [0, 0.1) is 11.8 Å². The minimum Gasteiger partial charge on any atom is -0.396 e. The van der Waals surface area contributed by atoms with Crippen molar-refractivity contribution in [1.29, 1.82) is 0 Å². The highest BCUT2D eigenvalue weighted by atomic mass is 16.2. The average molecular weight is 189 g/mol. The Balaban J connectivity index is 2.80. The van der Waals surface area contributed by atoms with Crippen molar-refractivity contribution in [3.05, 3.63) is 35.4 Å². The van der Waals surface area contributed by atoms with Crippen LogP contribution in [0.5, 0.6) is 0 Å². The molecule has 2 heteroatoms. The van der Waals surface area contributed by atoms with E-state index >= 15 is 0 Å². The first-order valence-corrected chi connectivity index (χ1v) is 4.76. The van der Waals surface area contributed by atoms with Crippen molar-refractivity contribution in [3.8, 4) is 11.8 Å². The van der Waals surface area contributed by atoms with Crippen LogP contribution in [-0.4, -0.2) is 18.3 Å². The molecule has 0 heterocycles. The molecule has 0 amide bonds. The molecule has 0 unspecified atom stereocenters. The Labute approximate surface area is 84.8 Å². The Morgan fingerprint density at radius 1 is 1.29 bits per heavy atom. The number of aliphatic hydroxyl groups excluding tert-OH is 1. The molecule has 0 bridgehead atoms. The van der Waals surface area contributed by atoms with Crippen LogP contribution in [0.25, 0.3) is 0 Å². The quantitative estimate of drug-likeness (QED) is 0.695. The van der Waals surface area contributed by atoms with Gasteiger partial charge in [0, 0.05) is 25.1 Å². The van der Waals surface area contributed by atoms with E-state index in [0.717, 1.165) is 11.1 Å². The second kappa shape index (κ2) is 6.20. The van der Waals surface area contributed by atoms with Gasteiger partial charge in [-0.05, 0) is 18.1 Å². The number of benzene rings is 1. The van der Waals surface area contributed by atoms with Gasteiger partial charge in [-0.25, -0.2) is 0 Å². The minimum atomic E-state index is 0.162. The molecule has 2 nitrogen and oxygen atoms in total. The SMILES string of the molecule is NCCC#Cc1ccccc1CCO. The lowest BCUT2D eigenvalue weighted by Crippen LogP contribution is -1.96. The maximum Gasteiger partial charge on any atom is 0.0471 e. The predicted octanol–water partition coefficient (Wildman–Crippen LogP) is 0.922. The van der Waals surface area contributed by atoms with E-state index in [9.17, 15) is 0 Å². The van der Waals surface area contributed by atoms with E-state index in [0.29, 0.717) is 19.4 Å². The third-order valence-corrected chi connectivity index (χ3v) is 1.89. The van der Waals surface area contributed by atoms with Gasteiger partial charge in [-0.15, -0.1) is 0 Å². The first-order valence-electron chi connectivity index (χ1n) is 4.76. The van der Waals surface area contributed by atoms with Crippen LogP contribution in [0.3, 0.4) is 0 Å². The Morgan fingerprint density at radius 2 is 2.07 bits per heavy atom. The average Bonchev–Trinajstić information content (AvgIpc) is 2.21. The van der Waals surface area contributed by atoms with Gasteiger partial charge in [-0.3, -0.25) is 0 Å². The fourth-order valence-electron chi connectivity index (χ4n) is 1.21. The Hall–Kier alpha value is -1.30. The summed E-state index contributed by atoms with van der Waals surface area (Å²) in [5.74, 6) is 6.05. The molecule has 0 saturated carbocycles. The smallest absolute Gasteiger partial charge is 0.0471 e. The summed E-state index contributed by atoms with van der Waals surface area (Å²) < 4.78 is 0. The second-order valence-corrected chi connectivity index (χ2v) is 2.97. The minimum absolute atomic E-state index is 0.162. The van der Waals surface area contributed by atoms with Crippen molar-refractivity contribution in [2.45, 2.75) is 12.8 Å². The van der Waals surface area contributed by atoms with Crippen molar-refractivity contribution >= 4 is 0 Å². The van der Waals surface area contributed by atoms with Crippen LogP contribution >= 0.6 is 0 Å². The summed E-state index contributed by atoms with van der Waals surface area (Å²) in [6.45, 7) is 0.755. The molecule has 0 atom stereocenters. The maximum absolute atomic E-state index is 8.85. The van der Waals surface area contributed by atoms with Gasteiger partial charge >= 0.3 is 0 Å². The van der Waals surface area contributed by atoms with Crippen molar-refractivity contribution in [3.63, 3.8) is 0 Å². The number of aliphatic hydroxyl groups is 1. The van der Waals surface area contributed by atoms with Crippen LogP contribution in [0.2, 0.25) is 0 Å². The second-order valence-electron chi connectivity index (χ2n) is 2.97. The molecule has 0 aliphatic heterocycles. The van der Waals surface area contributed by atoms with Gasteiger partial charge in [0.05, 0.1) is 0 Å². The van der Waals surface area contributed by atoms with Crippen molar-refractivity contribution in [1.82, 2.24) is 0 Å². The molecule has 0 spiro atoms. The van der Waals surface area contributed by atoms with Gasteiger partial charge in [-0.1, -0.05) is 30.0 Å². The van der Waals surface area contributed by atoms with E-state index in [4.69, 9.17) is 10.8 Å². The molecule has 1 aromatic rings. The number of hydrogen-bond acceptors (Lipinski definition) is 2. The van der Waals surface area contributed by atoms with E-state index in [2.05, 4.69) is 11.8 Å². The lowest BCUT2D eigenvalue weighted by molar-refractivity contribution is 0.299. The summed E-state index contributed by atoms with van der Waals surface area (Å²) in [6, 6.07) is 7.86. The molecule has 0 fully saturated rings. The van der Waals surface area contributed by atoms with Crippen molar-refractivity contribution < 1.29 is 5.11 Å². The summed E-state index contributed by atoms with van der Waals surface area (Å²) in [4.78, 5) is 0. The fraction of sp³-hybridized carbons (Fsp3) is 0.333. The standard InChI is InChI=1S/C12H15NO/c13-9-4-3-7-11-5-1-2-6-12(11)8-10-14/h1-2,5-6,14H,4,8-10,13H2. The fourth-order valence-corrected chi connectivity index (χ4v) is 1.21.